The first-order chi connectivity index (χ1) is 11.2. The molecule has 0 amide bonds. The molecule has 0 aromatic heterocycles. The van der Waals surface area contributed by atoms with Gasteiger partial charge in [-0.1, -0.05) is 30.0 Å². The van der Waals surface area contributed by atoms with Crippen molar-refractivity contribution in [2.24, 2.45) is 0 Å². The highest BCUT2D eigenvalue weighted by atomic mass is 79.9. The van der Waals surface area contributed by atoms with Gasteiger partial charge in [0.15, 0.2) is 11.5 Å². The summed E-state index contributed by atoms with van der Waals surface area (Å²) in [5.41, 5.74) is 2.19. The lowest BCUT2D eigenvalue weighted by Gasteiger charge is -2.17. The quantitative estimate of drug-likeness (QED) is 0.674. The minimum absolute atomic E-state index is 0. The van der Waals surface area contributed by atoms with Gasteiger partial charge in [0.25, 0.3) is 0 Å². The summed E-state index contributed by atoms with van der Waals surface area (Å²) in [6.45, 7) is 2.51. The number of hydrogen-bond donors (Lipinski definition) is 3. The van der Waals surface area contributed by atoms with Crippen molar-refractivity contribution in [2.45, 2.75) is 22.6 Å². The second kappa shape index (κ2) is 8.76. The molecule has 0 fully saturated rings. The lowest BCUT2D eigenvalue weighted by Crippen LogP contribution is -2.29. The van der Waals surface area contributed by atoms with Crippen molar-refractivity contribution < 1.29 is 15.3 Å². The van der Waals surface area contributed by atoms with Gasteiger partial charge in [0.05, 0.1) is 11.5 Å². The van der Waals surface area contributed by atoms with Crippen LogP contribution in [0.3, 0.4) is 0 Å². The minimum atomic E-state index is -0.0576. The van der Waals surface area contributed by atoms with Crippen LogP contribution in [-0.4, -0.2) is 46.5 Å². The van der Waals surface area contributed by atoms with Crippen LogP contribution in [0.15, 0.2) is 46.2 Å². The molecule has 2 aromatic carbocycles. The Morgan fingerprint density at radius 1 is 1.04 bits per heavy atom. The number of halogens is 1. The monoisotopic (exact) mass is 411 g/mol. The summed E-state index contributed by atoms with van der Waals surface area (Å²) >= 11 is 1.49. The van der Waals surface area contributed by atoms with Crippen LogP contribution in [0.5, 0.6) is 11.5 Å². The number of rotatable bonds is 4. The zero-order chi connectivity index (χ0) is 16.2. The van der Waals surface area contributed by atoms with E-state index in [2.05, 4.69) is 4.90 Å². The smallest absolute Gasteiger partial charge is 0.171 e. The Morgan fingerprint density at radius 3 is 2.46 bits per heavy atom. The summed E-state index contributed by atoms with van der Waals surface area (Å²) in [7, 11) is 0. The summed E-state index contributed by atoms with van der Waals surface area (Å²) in [5, 5.41) is 29.6. The lowest BCUT2D eigenvalue weighted by atomic mass is 10.0. The maximum atomic E-state index is 10.4. The first kappa shape index (κ1) is 19.1. The van der Waals surface area contributed by atoms with Gasteiger partial charge in [0.2, 0.25) is 0 Å². The first-order valence-electron chi connectivity index (χ1n) is 7.82. The predicted molar refractivity (Wildman–Crippen MR) is 102 cm³/mol. The average molecular weight is 412 g/mol. The Bertz CT molecular complexity index is 682. The molecule has 0 unspecified atom stereocenters. The van der Waals surface area contributed by atoms with E-state index in [0.29, 0.717) is 6.54 Å². The van der Waals surface area contributed by atoms with E-state index in [1.165, 1.54) is 11.8 Å². The molecule has 0 radical (unpaired) electrons. The number of aliphatic hydroxyl groups is 1. The fraction of sp³-hybridized carbons (Fsp3) is 0.333. The number of phenols is 2. The summed E-state index contributed by atoms with van der Waals surface area (Å²) in [6, 6.07) is 11.6. The van der Waals surface area contributed by atoms with Crippen molar-refractivity contribution in [3.05, 3.63) is 47.5 Å². The topological polar surface area (TPSA) is 63.9 Å². The predicted octanol–water partition coefficient (Wildman–Crippen LogP) is 3.22. The fourth-order valence-electron chi connectivity index (χ4n) is 2.96. The van der Waals surface area contributed by atoms with Crippen LogP contribution in [0.1, 0.15) is 11.1 Å². The van der Waals surface area contributed by atoms with Crippen LogP contribution in [0.2, 0.25) is 0 Å². The van der Waals surface area contributed by atoms with E-state index in [4.69, 9.17) is 5.11 Å². The number of nitrogens with zero attached hydrogens (tertiary/aromatic N) is 1. The molecule has 3 N–H and O–H groups in total. The number of benzene rings is 2. The molecule has 0 spiro atoms. The van der Waals surface area contributed by atoms with Gasteiger partial charge in [-0.15, -0.1) is 17.0 Å². The van der Waals surface area contributed by atoms with Gasteiger partial charge in [0, 0.05) is 24.5 Å². The molecule has 0 bridgehead atoms. The van der Waals surface area contributed by atoms with E-state index in [9.17, 15) is 10.2 Å². The van der Waals surface area contributed by atoms with Gasteiger partial charge in [-0.2, -0.15) is 0 Å². The highest BCUT2D eigenvalue weighted by molar-refractivity contribution is 8.93. The number of hydrogen-bond acceptors (Lipinski definition) is 5. The number of fused-ring (bicyclic) bond motifs is 1. The van der Waals surface area contributed by atoms with Crippen molar-refractivity contribution in [2.75, 3.05) is 26.2 Å². The van der Waals surface area contributed by atoms with Gasteiger partial charge in [-0.3, -0.25) is 0 Å². The van der Waals surface area contributed by atoms with Crippen LogP contribution >= 0.6 is 28.7 Å². The molecule has 1 aliphatic rings. The normalized spacial score (nSPS) is 14.5. The van der Waals surface area contributed by atoms with Crippen LogP contribution in [-0.2, 0) is 12.8 Å². The Hall–Kier alpha value is -1.21. The molecule has 1 heterocycles. The van der Waals surface area contributed by atoms with E-state index in [0.717, 1.165) is 46.8 Å². The third-order valence-corrected chi connectivity index (χ3v) is 5.34. The fourth-order valence-corrected chi connectivity index (χ4v) is 4.05. The molecule has 0 saturated carbocycles. The molecule has 0 saturated heterocycles. The third kappa shape index (κ3) is 4.25. The van der Waals surface area contributed by atoms with Crippen LogP contribution < -0.4 is 0 Å². The minimum Gasteiger partial charge on any atom is -0.504 e. The maximum Gasteiger partial charge on any atom is 0.171 e. The molecule has 3 rings (SSSR count). The largest absolute Gasteiger partial charge is 0.504 e. The van der Waals surface area contributed by atoms with Crippen molar-refractivity contribution in [3.63, 3.8) is 0 Å². The summed E-state index contributed by atoms with van der Waals surface area (Å²) in [4.78, 5) is 3.99. The standard InChI is InChI=1S/C18H21NO3S.BrH/c20-11-10-19-8-6-13-12-16(21)17(22)18(15(13)7-9-19)23-14-4-2-1-3-5-14;/h1-5,12,20-22H,6-11H2;1H. The van der Waals surface area contributed by atoms with Gasteiger partial charge in [-0.05, 0) is 42.2 Å². The number of phenolic OH excluding ortho intramolecular Hbond substituents is 2. The van der Waals surface area contributed by atoms with E-state index in [-0.39, 0.29) is 35.1 Å². The molecule has 24 heavy (non-hydrogen) atoms. The molecule has 2 aromatic rings. The molecular weight excluding hydrogens is 390 g/mol. The first-order valence-corrected chi connectivity index (χ1v) is 8.63. The van der Waals surface area contributed by atoms with E-state index in [1.807, 2.05) is 30.3 Å². The van der Waals surface area contributed by atoms with Gasteiger partial charge < -0.3 is 20.2 Å². The van der Waals surface area contributed by atoms with Crippen molar-refractivity contribution >= 4 is 28.7 Å². The average Bonchev–Trinajstić information content (AvgIpc) is 2.76. The third-order valence-electron chi connectivity index (χ3n) is 4.19. The maximum absolute atomic E-state index is 10.4. The van der Waals surface area contributed by atoms with Crippen molar-refractivity contribution in [3.8, 4) is 11.5 Å². The van der Waals surface area contributed by atoms with Crippen LogP contribution in [0.4, 0.5) is 0 Å². The molecule has 6 heteroatoms. The van der Waals surface area contributed by atoms with Gasteiger partial charge in [0.1, 0.15) is 0 Å². The zero-order valence-corrected chi connectivity index (χ0v) is 15.8. The Balaban J connectivity index is 0.00000208. The molecular formula is C18H22BrNO3S. The molecule has 1 aliphatic heterocycles. The molecule has 0 atom stereocenters. The van der Waals surface area contributed by atoms with E-state index >= 15 is 0 Å². The van der Waals surface area contributed by atoms with Crippen molar-refractivity contribution in [1.29, 1.82) is 0 Å². The SMILES string of the molecule is Br.OCCN1CCc2cc(O)c(O)c(Sc3ccccc3)c2CC1. The molecule has 4 nitrogen and oxygen atoms in total. The second-order valence-corrected chi connectivity index (χ2v) is 6.78. The van der Waals surface area contributed by atoms with E-state index < -0.39 is 0 Å². The second-order valence-electron chi connectivity index (χ2n) is 5.69. The van der Waals surface area contributed by atoms with E-state index in [1.54, 1.807) is 6.07 Å². The highest BCUT2D eigenvalue weighted by Crippen LogP contribution is 2.44. The summed E-state index contributed by atoms with van der Waals surface area (Å²) in [6.07, 6.45) is 1.61. The lowest BCUT2D eigenvalue weighted by molar-refractivity contribution is 0.201. The number of aliphatic hydroxyl groups excluding tert-OH is 1. The molecule has 130 valence electrons. The summed E-state index contributed by atoms with van der Waals surface area (Å²) < 4.78 is 0. The van der Waals surface area contributed by atoms with Gasteiger partial charge in [-0.25, -0.2) is 0 Å². The highest BCUT2D eigenvalue weighted by Gasteiger charge is 2.22. The zero-order valence-electron chi connectivity index (χ0n) is 13.3. The number of β-amino-alcohol motifs (C(OH)–C–C–N with tert-alkyl or cyclic N) is 1. The van der Waals surface area contributed by atoms with Gasteiger partial charge >= 0.3 is 0 Å². The van der Waals surface area contributed by atoms with Crippen LogP contribution in [0.25, 0.3) is 0 Å². The summed E-state index contributed by atoms with van der Waals surface area (Å²) in [5.74, 6) is -0.0917. The Kier molecular flexibility index (Phi) is 6.98. The Labute approximate surface area is 156 Å². The van der Waals surface area contributed by atoms with Crippen molar-refractivity contribution in [1.82, 2.24) is 4.90 Å². The number of aromatic hydroxyl groups is 2. The Morgan fingerprint density at radius 2 is 1.75 bits per heavy atom. The molecule has 0 aliphatic carbocycles. The van der Waals surface area contributed by atoms with Crippen LogP contribution in [0, 0.1) is 0 Å².